The van der Waals surface area contributed by atoms with Gasteiger partial charge in [0.25, 0.3) is 0 Å². The Kier molecular flexibility index (Phi) is 3.74. The molecular weight excluding hydrogens is 258 g/mol. The van der Waals surface area contributed by atoms with Crippen LogP contribution in [0.4, 0.5) is 0 Å². The van der Waals surface area contributed by atoms with E-state index in [1.807, 2.05) is 4.68 Å². The second kappa shape index (κ2) is 4.78. The van der Waals surface area contributed by atoms with E-state index in [2.05, 4.69) is 52.0 Å². The fourth-order valence-electron chi connectivity index (χ4n) is 3.61. The predicted molar refractivity (Wildman–Crippen MR) is 80.4 cm³/mol. The van der Waals surface area contributed by atoms with Crippen LogP contribution >= 0.6 is 11.6 Å². The topological polar surface area (TPSA) is 29.9 Å². The molecule has 0 amide bonds. The van der Waals surface area contributed by atoms with Crippen molar-refractivity contribution in [3.8, 4) is 0 Å². The van der Waals surface area contributed by atoms with Crippen LogP contribution in [0.5, 0.6) is 0 Å². The van der Waals surface area contributed by atoms with Crippen molar-refractivity contribution in [2.24, 2.45) is 16.7 Å². The van der Waals surface area contributed by atoms with Gasteiger partial charge in [-0.1, -0.05) is 46.2 Å². The summed E-state index contributed by atoms with van der Waals surface area (Å²) in [6, 6.07) is 0.282. The minimum atomic E-state index is 0.282. The van der Waals surface area contributed by atoms with Gasteiger partial charge in [0.05, 0.1) is 23.0 Å². The molecule has 1 fully saturated rings. The van der Waals surface area contributed by atoms with Crippen molar-refractivity contribution in [2.75, 3.05) is 6.54 Å². The zero-order valence-corrected chi connectivity index (χ0v) is 13.7. The van der Waals surface area contributed by atoms with Crippen molar-refractivity contribution in [2.45, 2.75) is 54.1 Å². The molecule has 1 aliphatic rings. The number of halogens is 1. The molecule has 1 N–H and O–H groups in total. The van der Waals surface area contributed by atoms with Gasteiger partial charge in [-0.25, -0.2) is 0 Å². The monoisotopic (exact) mass is 283 g/mol. The number of hydrogen-bond acceptors (Lipinski definition) is 2. The van der Waals surface area contributed by atoms with Crippen molar-refractivity contribution in [3.63, 3.8) is 0 Å². The number of aromatic nitrogens is 2. The Morgan fingerprint density at radius 2 is 1.89 bits per heavy atom. The number of nitrogens with zero attached hydrogens (tertiary/aromatic N) is 2. The summed E-state index contributed by atoms with van der Waals surface area (Å²) in [6.07, 6.45) is 1.77. The number of rotatable bonds is 5. The fourth-order valence-corrected chi connectivity index (χ4v) is 3.86. The van der Waals surface area contributed by atoms with E-state index in [9.17, 15) is 0 Å². The van der Waals surface area contributed by atoms with Gasteiger partial charge in [0, 0.05) is 6.54 Å². The second-order valence-corrected chi connectivity index (χ2v) is 7.06. The first-order chi connectivity index (χ1) is 8.79. The van der Waals surface area contributed by atoms with Crippen LogP contribution in [0.3, 0.4) is 0 Å². The Morgan fingerprint density at radius 1 is 1.32 bits per heavy atom. The van der Waals surface area contributed by atoms with E-state index >= 15 is 0 Å². The minimum absolute atomic E-state index is 0.282. The molecule has 0 bridgehead atoms. The quantitative estimate of drug-likeness (QED) is 0.888. The lowest BCUT2D eigenvalue weighted by molar-refractivity contribution is 0.390. The van der Waals surface area contributed by atoms with E-state index in [0.717, 1.165) is 23.8 Å². The molecule has 0 aliphatic heterocycles. The third-order valence-corrected chi connectivity index (χ3v) is 5.61. The highest BCUT2D eigenvalue weighted by Crippen LogP contribution is 2.72. The van der Waals surface area contributed by atoms with Gasteiger partial charge < -0.3 is 5.32 Å². The van der Waals surface area contributed by atoms with E-state index in [4.69, 9.17) is 11.6 Å². The maximum Gasteiger partial charge on any atom is 0.0834 e. The Labute approximate surface area is 121 Å². The van der Waals surface area contributed by atoms with Crippen molar-refractivity contribution >= 4 is 11.6 Å². The zero-order chi connectivity index (χ0) is 14.4. The van der Waals surface area contributed by atoms with E-state index in [1.165, 1.54) is 0 Å². The first kappa shape index (κ1) is 14.9. The van der Waals surface area contributed by atoms with E-state index < -0.39 is 0 Å². The molecule has 1 heterocycles. The summed E-state index contributed by atoms with van der Waals surface area (Å²) >= 11 is 6.39. The molecule has 3 nitrogen and oxygen atoms in total. The van der Waals surface area contributed by atoms with Gasteiger partial charge in [-0.2, -0.15) is 5.10 Å². The SMILES string of the molecule is CCNC(c1c(Cl)cnn1CC)C1C(C)(C)C1(C)C. The molecular formula is C15H26ClN3. The molecule has 1 aliphatic carbocycles. The maximum atomic E-state index is 6.39. The maximum absolute atomic E-state index is 6.39. The Bertz CT molecular complexity index is 448. The van der Waals surface area contributed by atoms with Crippen LogP contribution in [0, 0.1) is 16.7 Å². The highest BCUT2D eigenvalue weighted by Gasteiger charge is 2.67. The standard InChI is InChI=1S/C15H26ClN3/c1-7-17-11(13-14(3,4)15(13,5)6)12-10(16)9-18-19(12)8-2/h9,11,13,17H,7-8H2,1-6H3. The highest BCUT2D eigenvalue weighted by molar-refractivity contribution is 6.31. The van der Waals surface area contributed by atoms with Gasteiger partial charge in [-0.05, 0) is 30.2 Å². The lowest BCUT2D eigenvalue weighted by Gasteiger charge is -2.22. The minimum Gasteiger partial charge on any atom is -0.309 e. The van der Waals surface area contributed by atoms with Crippen molar-refractivity contribution in [3.05, 3.63) is 16.9 Å². The van der Waals surface area contributed by atoms with Crippen LogP contribution in [0.15, 0.2) is 6.20 Å². The van der Waals surface area contributed by atoms with Crippen molar-refractivity contribution < 1.29 is 0 Å². The Balaban J connectivity index is 2.40. The summed E-state index contributed by atoms with van der Waals surface area (Å²) in [4.78, 5) is 0. The van der Waals surface area contributed by atoms with Crippen LogP contribution in [-0.4, -0.2) is 16.3 Å². The molecule has 1 atom stereocenters. The summed E-state index contributed by atoms with van der Waals surface area (Å²) < 4.78 is 2.03. The van der Waals surface area contributed by atoms with Crippen molar-refractivity contribution in [1.29, 1.82) is 0 Å². The smallest absolute Gasteiger partial charge is 0.0834 e. The summed E-state index contributed by atoms with van der Waals surface area (Å²) in [7, 11) is 0. The molecule has 0 radical (unpaired) electrons. The first-order valence-corrected chi connectivity index (χ1v) is 7.61. The molecule has 0 aromatic carbocycles. The summed E-state index contributed by atoms with van der Waals surface area (Å²) in [5.74, 6) is 0.583. The number of aryl methyl sites for hydroxylation is 1. The van der Waals surface area contributed by atoms with Gasteiger partial charge in [-0.15, -0.1) is 0 Å². The van der Waals surface area contributed by atoms with Gasteiger partial charge in [0.15, 0.2) is 0 Å². The van der Waals surface area contributed by atoms with Gasteiger partial charge >= 0.3 is 0 Å². The molecule has 4 heteroatoms. The van der Waals surface area contributed by atoms with Crippen LogP contribution in [-0.2, 0) is 6.54 Å². The Morgan fingerprint density at radius 3 is 2.32 bits per heavy atom. The van der Waals surface area contributed by atoms with Crippen molar-refractivity contribution in [1.82, 2.24) is 15.1 Å². The van der Waals surface area contributed by atoms with Gasteiger partial charge in [0.1, 0.15) is 0 Å². The largest absolute Gasteiger partial charge is 0.309 e. The predicted octanol–water partition coefficient (Wildman–Crippen LogP) is 3.89. The zero-order valence-electron chi connectivity index (χ0n) is 12.9. The third-order valence-electron chi connectivity index (χ3n) is 5.32. The molecule has 1 aromatic heterocycles. The van der Waals surface area contributed by atoms with Crippen LogP contribution < -0.4 is 5.32 Å². The second-order valence-electron chi connectivity index (χ2n) is 6.65. The molecule has 1 saturated carbocycles. The number of nitrogens with one attached hydrogen (secondary N) is 1. The molecule has 108 valence electrons. The Hall–Kier alpha value is -0.540. The van der Waals surface area contributed by atoms with Crippen LogP contribution in [0.25, 0.3) is 0 Å². The molecule has 1 aromatic rings. The van der Waals surface area contributed by atoms with Gasteiger partial charge in [-0.3, -0.25) is 4.68 Å². The first-order valence-electron chi connectivity index (χ1n) is 7.23. The third kappa shape index (κ3) is 2.11. The van der Waals surface area contributed by atoms with E-state index in [0.29, 0.717) is 16.7 Å². The normalized spacial score (nSPS) is 22.5. The van der Waals surface area contributed by atoms with Crippen LogP contribution in [0.2, 0.25) is 5.02 Å². The summed E-state index contributed by atoms with van der Waals surface area (Å²) in [5, 5.41) is 8.80. The molecule has 19 heavy (non-hydrogen) atoms. The molecule has 0 spiro atoms. The van der Waals surface area contributed by atoms with E-state index in [-0.39, 0.29) is 6.04 Å². The average Bonchev–Trinajstić information content (AvgIpc) is 2.61. The summed E-state index contributed by atoms with van der Waals surface area (Å²) in [6.45, 7) is 15.5. The highest BCUT2D eigenvalue weighted by atomic mass is 35.5. The van der Waals surface area contributed by atoms with Crippen LogP contribution in [0.1, 0.15) is 53.3 Å². The summed E-state index contributed by atoms with van der Waals surface area (Å²) in [5.41, 5.74) is 1.80. The lowest BCUT2D eigenvalue weighted by Crippen LogP contribution is -2.28. The number of hydrogen-bond donors (Lipinski definition) is 1. The molecule has 0 saturated heterocycles. The fraction of sp³-hybridized carbons (Fsp3) is 0.800. The lowest BCUT2D eigenvalue weighted by atomic mass is 10.0. The molecule has 1 unspecified atom stereocenters. The van der Waals surface area contributed by atoms with E-state index in [1.54, 1.807) is 6.20 Å². The van der Waals surface area contributed by atoms with Gasteiger partial charge in [0.2, 0.25) is 0 Å². The average molecular weight is 284 g/mol. The molecule has 2 rings (SSSR count).